The molecule has 3 heteroatoms. The van der Waals surface area contributed by atoms with E-state index in [0.717, 1.165) is 49.5 Å². The van der Waals surface area contributed by atoms with E-state index in [4.69, 9.17) is 9.40 Å². The van der Waals surface area contributed by atoms with Crippen molar-refractivity contribution in [2.75, 3.05) is 0 Å². The van der Waals surface area contributed by atoms with Crippen molar-refractivity contribution in [2.24, 2.45) is 0 Å². The number of hydrogen-bond donors (Lipinski definition) is 0. The van der Waals surface area contributed by atoms with Crippen molar-refractivity contribution in [3.05, 3.63) is 84.9 Å². The van der Waals surface area contributed by atoms with Gasteiger partial charge < -0.3 is 4.42 Å². The second-order valence-electron chi connectivity index (χ2n) is 7.24. The third-order valence-electron chi connectivity index (χ3n) is 5.77. The van der Waals surface area contributed by atoms with E-state index in [1.807, 2.05) is 18.2 Å². The van der Waals surface area contributed by atoms with Gasteiger partial charge in [-0.3, -0.25) is 4.40 Å². The molecule has 0 saturated carbocycles. The molecule has 3 aromatic heterocycles. The van der Waals surface area contributed by atoms with E-state index in [1.54, 1.807) is 0 Å². The number of para-hydroxylation sites is 4. The fraction of sp³-hybridized carbons (Fsp3) is 0. The second kappa shape index (κ2) is 4.90. The van der Waals surface area contributed by atoms with Crippen LogP contribution in [0.2, 0.25) is 0 Å². The summed E-state index contributed by atoms with van der Waals surface area (Å²) in [6, 6.07) is 29.4. The Hall–Kier alpha value is -3.85. The number of rotatable bonds is 0. The standard InChI is InChI=1S/C25H14N2O/c1-4-10-20-15(7-1)17-13-14-18-16-8-2-6-12-22(16)28-24(18)23(17)25-26-19-9-3-5-11-21(19)27(20)25/h1-14H. The molecule has 0 aliphatic rings. The van der Waals surface area contributed by atoms with Gasteiger partial charge in [0, 0.05) is 16.2 Å². The highest BCUT2D eigenvalue weighted by molar-refractivity contribution is 6.25. The average molecular weight is 358 g/mol. The van der Waals surface area contributed by atoms with Crippen LogP contribution in [0.1, 0.15) is 0 Å². The molecule has 7 aromatic rings. The minimum Gasteiger partial charge on any atom is -0.455 e. The van der Waals surface area contributed by atoms with Crippen molar-refractivity contribution in [3.8, 4) is 0 Å². The van der Waals surface area contributed by atoms with E-state index < -0.39 is 0 Å². The average Bonchev–Trinajstić information content (AvgIpc) is 3.32. The number of nitrogens with zero attached hydrogens (tertiary/aromatic N) is 2. The summed E-state index contributed by atoms with van der Waals surface area (Å²) in [5.74, 6) is 0. The first kappa shape index (κ1) is 14.2. The highest BCUT2D eigenvalue weighted by Gasteiger charge is 2.18. The van der Waals surface area contributed by atoms with Gasteiger partial charge in [0.15, 0.2) is 0 Å². The van der Waals surface area contributed by atoms with Crippen LogP contribution in [0.25, 0.3) is 60.3 Å². The summed E-state index contributed by atoms with van der Waals surface area (Å²) in [5.41, 5.74) is 6.03. The predicted octanol–water partition coefficient (Wildman–Crippen LogP) is 6.69. The Bertz CT molecular complexity index is 1720. The van der Waals surface area contributed by atoms with Gasteiger partial charge in [-0.2, -0.15) is 0 Å². The van der Waals surface area contributed by atoms with Crippen molar-refractivity contribution < 1.29 is 4.42 Å². The molecule has 7 rings (SSSR count). The van der Waals surface area contributed by atoms with E-state index in [9.17, 15) is 0 Å². The molecule has 0 N–H and O–H groups in total. The SMILES string of the molecule is c1ccc2c(c1)nc1c3c(ccc4c5ccccc5oc43)c3ccccc3n21. The third-order valence-corrected chi connectivity index (χ3v) is 5.77. The van der Waals surface area contributed by atoms with Gasteiger partial charge in [0.1, 0.15) is 16.8 Å². The zero-order chi connectivity index (χ0) is 18.2. The van der Waals surface area contributed by atoms with Crippen molar-refractivity contribution in [1.29, 1.82) is 0 Å². The van der Waals surface area contributed by atoms with Crippen molar-refractivity contribution in [3.63, 3.8) is 0 Å². The molecular weight excluding hydrogens is 344 g/mol. The van der Waals surface area contributed by atoms with Gasteiger partial charge in [-0.1, -0.05) is 54.6 Å². The van der Waals surface area contributed by atoms with Crippen LogP contribution in [0.3, 0.4) is 0 Å². The van der Waals surface area contributed by atoms with Crippen LogP contribution in [-0.4, -0.2) is 9.38 Å². The Morgan fingerprint density at radius 3 is 2.25 bits per heavy atom. The Balaban J connectivity index is 1.89. The second-order valence-corrected chi connectivity index (χ2v) is 7.24. The summed E-state index contributed by atoms with van der Waals surface area (Å²) in [6.07, 6.45) is 0. The molecule has 0 bridgehead atoms. The van der Waals surface area contributed by atoms with E-state index >= 15 is 0 Å². The van der Waals surface area contributed by atoms with Gasteiger partial charge in [-0.05, 0) is 35.7 Å². The van der Waals surface area contributed by atoms with Crippen LogP contribution in [0.5, 0.6) is 0 Å². The van der Waals surface area contributed by atoms with Crippen molar-refractivity contribution in [1.82, 2.24) is 9.38 Å². The van der Waals surface area contributed by atoms with Gasteiger partial charge in [-0.15, -0.1) is 0 Å². The third kappa shape index (κ3) is 1.62. The minimum absolute atomic E-state index is 0.907. The number of furan rings is 1. The molecule has 0 fully saturated rings. The van der Waals surface area contributed by atoms with Gasteiger partial charge >= 0.3 is 0 Å². The summed E-state index contributed by atoms with van der Waals surface area (Å²) in [5, 5.41) is 5.72. The Morgan fingerprint density at radius 2 is 1.32 bits per heavy atom. The molecule has 0 radical (unpaired) electrons. The van der Waals surface area contributed by atoms with Gasteiger partial charge in [0.2, 0.25) is 0 Å². The molecular formula is C25H14N2O. The van der Waals surface area contributed by atoms with Crippen molar-refractivity contribution in [2.45, 2.75) is 0 Å². The molecule has 0 aliphatic carbocycles. The summed E-state index contributed by atoms with van der Waals surface area (Å²) >= 11 is 0. The first-order valence-electron chi connectivity index (χ1n) is 9.42. The van der Waals surface area contributed by atoms with Crippen LogP contribution in [-0.2, 0) is 0 Å². The largest absolute Gasteiger partial charge is 0.455 e. The number of pyridine rings is 1. The van der Waals surface area contributed by atoms with Crippen LogP contribution >= 0.6 is 0 Å². The Kier molecular flexibility index (Phi) is 2.49. The maximum atomic E-state index is 6.37. The summed E-state index contributed by atoms with van der Waals surface area (Å²) in [4.78, 5) is 5.02. The van der Waals surface area contributed by atoms with E-state index in [0.29, 0.717) is 0 Å². The first-order chi connectivity index (χ1) is 13.9. The van der Waals surface area contributed by atoms with E-state index in [-0.39, 0.29) is 0 Å². The lowest BCUT2D eigenvalue weighted by molar-refractivity contribution is 0.673. The predicted molar refractivity (Wildman–Crippen MR) is 115 cm³/mol. The highest BCUT2D eigenvalue weighted by Crippen LogP contribution is 2.39. The lowest BCUT2D eigenvalue weighted by atomic mass is 10.0. The van der Waals surface area contributed by atoms with E-state index in [1.165, 1.54) is 10.8 Å². The fourth-order valence-electron chi connectivity index (χ4n) is 4.57. The Morgan fingerprint density at radius 1 is 0.607 bits per heavy atom. The molecule has 0 unspecified atom stereocenters. The fourth-order valence-corrected chi connectivity index (χ4v) is 4.57. The van der Waals surface area contributed by atoms with Crippen LogP contribution in [0, 0.1) is 0 Å². The number of imidazole rings is 1. The molecule has 0 amide bonds. The van der Waals surface area contributed by atoms with Crippen LogP contribution < -0.4 is 0 Å². The molecule has 130 valence electrons. The number of aromatic nitrogens is 2. The van der Waals surface area contributed by atoms with Crippen LogP contribution in [0.15, 0.2) is 89.3 Å². The van der Waals surface area contributed by atoms with Gasteiger partial charge in [0.05, 0.1) is 21.9 Å². The van der Waals surface area contributed by atoms with Gasteiger partial charge in [-0.25, -0.2) is 4.98 Å². The molecule has 3 heterocycles. The highest BCUT2D eigenvalue weighted by atomic mass is 16.3. The lowest BCUT2D eigenvalue weighted by Crippen LogP contribution is -1.91. The molecule has 0 saturated heterocycles. The normalized spacial score (nSPS) is 12.3. The lowest BCUT2D eigenvalue weighted by Gasteiger charge is -2.09. The zero-order valence-corrected chi connectivity index (χ0v) is 14.9. The molecule has 0 spiro atoms. The van der Waals surface area contributed by atoms with Crippen LogP contribution in [0.4, 0.5) is 0 Å². The van der Waals surface area contributed by atoms with Gasteiger partial charge in [0.25, 0.3) is 0 Å². The smallest absolute Gasteiger partial charge is 0.150 e. The molecule has 28 heavy (non-hydrogen) atoms. The number of fused-ring (bicyclic) bond motifs is 12. The Labute approximate surface area is 159 Å². The minimum atomic E-state index is 0.907. The molecule has 0 aliphatic heterocycles. The quantitative estimate of drug-likeness (QED) is 0.283. The molecule has 0 atom stereocenters. The molecule has 4 aromatic carbocycles. The topological polar surface area (TPSA) is 30.4 Å². The van der Waals surface area contributed by atoms with Crippen molar-refractivity contribution >= 4 is 60.3 Å². The summed E-state index contributed by atoms with van der Waals surface area (Å²) < 4.78 is 8.63. The summed E-state index contributed by atoms with van der Waals surface area (Å²) in [6.45, 7) is 0. The number of benzene rings is 4. The maximum absolute atomic E-state index is 6.37. The van der Waals surface area contributed by atoms with E-state index in [2.05, 4.69) is 71.1 Å². The summed E-state index contributed by atoms with van der Waals surface area (Å²) in [7, 11) is 0. The molecule has 3 nitrogen and oxygen atoms in total. The number of hydrogen-bond acceptors (Lipinski definition) is 2. The first-order valence-corrected chi connectivity index (χ1v) is 9.42. The maximum Gasteiger partial charge on any atom is 0.150 e. The zero-order valence-electron chi connectivity index (χ0n) is 14.9. The monoisotopic (exact) mass is 358 g/mol.